The minimum atomic E-state index is 0.131. The predicted octanol–water partition coefficient (Wildman–Crippen LogP) is 2.93. The molecule has 0 unspecified atom stereocenters. The maximum Gasteiger partial charge on any atom is 0.235 e. The minimum Gasteiger partial charge on any atom is -0.211 e. The van der Waals surface area contributed by atoms with E-state index in [1.807, 2.05) is 0 Å². The number of nitrogens with zero attached hydrogens (tertiary/aromatic N) is 1. The largest absolute Gasteiger partial charge is 0.235 e. The van der Waals surface area contributed by atoms with Gasteiger partial charge >= 0.3 is 0 Å². The van der Waals surface area contributed by atoms with Crippen molar-refractivity contribution < 1.29 is 4.79 Å². The average molecular weight is 181 g/mol. The molecule has 0 N–H and O–H groups in total. The van der Waals surface area contributed by atoms with Crippen molar-refractivity contribution in [2.45, 2.75) is 53.0 Å². The summed E-state index contributed by atoms with van der Waals surface area (Å²) in [6.07, 6.45) is 5.28. The van der Waals surface area contributed by atoms with Crippen molar-refractivity contribution in [3.8, 4) is 0 Å². The van der Waals surface area contributed by atoms with Gasteiger partial charge in [-0.1, -0.05) is 34.1 Å². The van der Waals surface area contributed by atoms with E-state index in [1.54, 1.807) is 6.08 Å². The van der Waals surface area contributed by atoms with Crippen LogP contribution in [-0.4, -0.2) is 12.1 Å². The molecule has 0 spiro atoms. The van der Waals surface area contributed by atoms with Crippen LogP contribution in [0.5, 0.6) is 0 Å². The lowest BCUT2D eigenvalue weighted by molar-refractivity contribution is 0.0788. The van der Waals surface area contributed by atoms with Gasteiger partial charge in [0.25, 0.3) is 0 Å². The molecule has 0 amide bonds. The molecule has 0 aliphatic heterocycles. The summed E-state index contributed by atoms with van der Waals surface area (Å²) >= 11 is 0. The van der Waals surface area contributed by atoms with Gasteiger partial charge in [0.15, 0.2) is 0 Å². The molecular formula is C11H19NO. The van der Waals surface area contributed by atoms with Gasteiger partial charge in [-0.3, -0.25) is 0 Å². The van der Waals surface area contributed by atoms with Gasteiger partial charge in [0.1, 0.15) is 0 Å². The Kier molecular flexibility index (Phi) is 2.63. The number of hydrogen-bond donors (Lipinski definition) is 0. The monoisotopic (exact) mass is 181 g/mol. The molecule has 1 aliphatic rings. The zero-order valence-electron chi connectivity index (χ0n) is 9.05. The SMILES string of the molecule is CC1(C)CCCC(C)(C)C1N=C=O. The van der Waals surface area contributed by atoms with Gasteiger partial charge in [-0.25, -0.2) is 9.79 Å². The number of aliphatic imine (C=N–C) groups is 1. The second-order valence-electron chi connectivity index (χ2n) is 5.45. The van der Waals surface area contributed by atoms with E-state index in [2.05, 4.69) is 32.7 Å². The number of isocyanates is 1. The lowest BCUT2D eigenvalue weighted by atomic mass is 9.61. The predicted molar refractivity (Wildman–Crippen MR) is 53.3 cm³/mol. The van der Waals surface area contributed by atoms with Crippen molar-refractivity contribution in [3.63, 3.8) is 0 Å². The highest BCUT2D eigenvalue weighted by Crippen LogP contribution is 2.47. The first-order chi connectivity index (χ1) is 5.90. The highest BCUT2D eigenvalue weighted by molar-refractivity contribution is 5.34. The molecule has 0 radical (unpaired) electrons. The molecule has 74 valence electrons. The third kappa shape index (κ3) is 2.00. The smallest absolute Gasteiger partial charge is 0.211 e. The fourth-order valence-corrected chi connectivity index (χ4v) is 2.73. The molecule has 0 heterocycles. The molecule has 1 aliphatic carbocycles. The molecule has 0 aromatic rings. The van der Waals surface area contributed by atoms with Gasteiger partial charge in [-0.2, -0.15) is 0 Å². The zero-order valence-corrected chi connectivity index (χ0v) is 9.05. The van der Waals surface area contributed by atoms with Gasteiger partial charge in [-0.15, -0.1) is 0 Å². The molecule has 1 fully saturated rings. The third-order valence-corrected chi connectivity index (χ3v) is 3.30. The van der Waals surface area contributed by atoms with E-state index in [0.29, 0.717) is 0 Å². The Balaban J connectivity index is 2.97. The second-order valence-corrected chi connectivity index (χ2v) is 5.45. The van der Waals surface area contributed by atoms with E-state index >= 15 is 0 Å². The van der Waals surface area contributed by atoms with E-state index in [9.17, 15) is 4.79 Å². The Bertz CT molecular complexity index is 220. The van der Waals surface area contributed by atoms with Crippen LogP contribution in [-0.2, 0) is 4.79 Å². The van der Waals surface area contributed by atoms with Gasteiger partial charge in [-0.05, 0) is 23.7 Å². The summed E-state index contributed by atoms with van der Waals surface area (Å²) in [4.78, 5) is 14.3. The van der Waals surface area contributed by atoms with Gasteiger partial charge < -0.3 is 0 Å². The van der Waals surface area contributed by atoms with Gasteiger partial charge in [0, 0.05) is 0 Å². The van der Waals surface area contributed by atoms with E-state index in [0.717, 1.165) is 12.8 Å². The van der Waals surface area contributed by atoms with Crippen molar-refractivity contribution in [3.05, 3.63) is 0 Å². The molecule has 1 saturated carbocycles. The van der Waals surface area contributed by atoms with Crippen molar-refractivity contribution in [1.82, 2.24) is 0 Å². The molecule has 2 heteroatoms. The first kappa shape index (κ1) is 10.5. The van der Waals surface area contributed by atoms with Gasteiger partial charge in [0.05, 0.1) is 6.04 Å². The molecule has 0 bridgehead atoms. The van der Waals surface area contributed by atoms with Gasteiger partial charge in [0.2, 0.25) is 6.08 Å². The maximum atomic E-state index is 10.4. The second kappa shape index (κ2) is 3.26. The summed E-state index contributed by atoms with van der Waals surface area (Å²) in [6, 6.07) is 0.131. The Hall–Kier alpha value is -0.620. The summed E-state index contributed by atoms with van der Waals surface area (Å²) in [5, 5.41) is 0. The normalized spacial score (nSPS) is 26.5. The summed E-state index contributed by atoms with van der Waals surface area (Å²) < 4.78 is 0. The van der Waals surface area contributed by atoms with Crippen LogP contribution in [0.15, 0.2) is 4.99 Å². The number of carbonyl (C=O) groups excluding carboxylic acids is 1. The summed E-state index contributed by atoms with van der Waals surface area (Å²) in [6.45, 7) is 8.78. The van der Waals surface area contributed by atoms with Crippen molar-refractivity contribution >= 4 is 6.08 Å². The first-order valence-corrected chi connectivity index (χ1v) is 4.97. The fourth-order valence-electron chi connectivity index (χ4n) is 2.73. The molecule has 13 heavy (non-hydrogen) atoms. The summed E-state index contributed by atoms with van der Waals surface area (Å²) in [5.74, 6) is 0. The van der Waals surface area contributed by atoms with Crippen molar-refractivity contribution in [2.24, 2.45) is 15.8 Å². The van der Waals surface area contributed by atoms with Crippen LogP contribution in [0.4, 0.5) is 0 Å². The molecule has 1 rings (SSSR count). The van der Waals surface area contributed by atoms with Crippen LogP contribution < -0.4 is 0 Å². The van der Waals surface area contributed by atoms with Crippen LogP contribution in [0.2, 0.25) is 0 Å². The Labute approximate surface area is 80.4 Å². The summed E-state index contributed by atoms with van der Waals surface area (Å²) in [7, 11) is 0. The lowest BCUT2D eigenvalue weighted by Crippen LogP contribution is -2.43. The standard InChI is InChI=1S/C11H19NO/c1-10(2)6-5-7-11(3,4)9(10)12-8-13/h9H,5-7H2,1-4H3. The average Bonchev–Trinajstić information content (AvgIpc) is 1.96. The number of hydrogen-bond acceptors (Lipinski definition) is 2. The Morgan fingerprint density at radius 1 is 1.15 bits per heavy atom. The molecule has 0 aromatic carbocycles. The lowest BCUT2D eigenvalue weighted by Gasteiger charge is -2.46. The maximum absolute atomic E-state index is 10.4. The van der Waals surface area contributed by atoms with Crippen molar-refractivity contribution in [2.75, 3.05) is 0 Å². The minimum absolute atomic E-state index is 0.131. The van der Waals surface area contributed by atoms with E-state index in [1.165, 1.54) is 6.42 Å². The molecule has 0 aromatic heterocycles. The van der Waals surface area contributed by atoms with E-state index in [-0.39, 0.29) is 16.9 Å². The fraction of sp³-hybridized carbons (Fsp3) is 0.909. The van der Waals surface area contributed by atoms with E-state index in [4.69, 9.17) is 0 Å². The quantitative estimate of drug-likeness (QED) is 0.451. The van der Waals surface area contributed by atoms with Crippen LogP contribution in [0.25, 0.3) is 0 Å². The first-order valence-electron chi connectivity index (χ1n) is 4.97. The summed E-state index contributed by atoms with van der Waals surface area (Å²) in [5.41, 5.74) is 0.304. The molecular weight excluding hydrogens is 162 g/mol. The Morgan fingerprint density at radius 2 is 1.62 bits per heavy atom. The van der Waals surface area contributed by atoms with E-state index < -0.39 is 0 Å². The van der Waals surface area contributed by atoms with Crippen molar-refractivity contribution in [1.29, 1.82) is 0 Å². The van der Waals surface area contributed by atoms with Crippen LogP contribution >= 0.6 is 0 Å². The highest BCUT2D eigenvalue weighted by atomic mass is 16.1. The number of rotatable bonds is 1. The Morgan fingerprint density at radius 3 is 2.00 bits per heavy atom. The van der Waals surface area contributed by atoms with Crippen LogP contribution in [0.3, 0.4) is 0 Å². The zero-order chi connectivity index (χ0) is 10.1. The third-order valence-electron chi connectivity index (χ3n) is 3.30. The van der Waals surface area contributed by atoms with Crippen LogP contribution in [0, 0.1) is 10.8 Å². The highest BCUT2D eigenvalue weighted by Gasteiger charge is 2.43. The van der Waals surface area contributed by atoms with Crippen LogP contribution in [0.1, 0.15) is 47.0 Å². The molecule has 0 saturated heterocycles. The molecule has 0 atom stereocenters. The molecule has 2 nitrogen and oxygen atoms in total. The topological polar surface area (TPSA) is 29.4 Å².